The summed E-state index contributed by atoms with van der Waals surface area (Å²) in [7, 11) is -3.39. The van der Waals surface area contributed by atoms with Crippen molar-refractivity contribution in [1.82, 2.24) is 25.3 Å². The fourth-order valence-corrected chi connectivity index (χ4v) is 4.21. The Morgan fingerprint density at radius 3 is 2.42 bits per heavy atom. The molecule has 0 unspecified atom stereocenters. The molecular formula is C25H19N5O5S. The number of para-hydroxylation sites is 1. The largest absolute Gasteiger partial charge is 0.478 e. The lowest BCUT2D eigenvalue weighted by Gasteiger charge is -2.09. The van der Waals surface area contributed by atoms with Crippen molar-refractivity contribution in [2.75, 3.05) is 12.1 Å². The fourth-order valence-electron chi connectivity index (χ4n) is 3.81. The Morgan fingerprint density at radius 2 is 1.69 bits per heavy atom. The summed E-state index contributed by atoms with van der Waals surface area (Å²) in [4.78, 5) is 30.8. The van der Waals surface area contributed by atoms with Gasteiger partial charge in [0.15, 0.2) is 9.84 Å². The van der Waals surface area contributed by atoms with Gasteiger partial charge < -0.3 is 10.4 Å². The monoisotopic (exact) mass is 501 g/mol. The molecule has 2 heterocycles. The molecule has 0 aliphatic heterocycles. The molecule has 2 N–H and O–H groups in total. The lowest BCUT2D eigenvalue weighted by Crippen LogP contribution is -2.28. The van der Waals surface area contributed by atoms with Gasteiger partial charge in [0.25, 0.3) is 5.91 Å². The van der Waals surface area contributed by atoms with Gasteiger partial charge in [0.2, 0.25) is 0 Å². The molecule has 0 saturated heterocycles. The topological polar surface area (TPSA) is 144 Å². The number of amides is 1. The van der Waals surface area contributed by atoms with E-state index in [0.717, 1.165) is 11.9 Å². The maximum absolute atomic E-state index is 12.4. The number of carboxylic acids is 1. The first-order valence-corrected chi connectivity index (χ1v) is 12.8. The van der Waals surface area contributed by atoms with Crippen molar-refractivity contribution in [1.29, 1.82) is 0 Å². The average Bonchev–Trinajstić information content (AvgIpc) is 3.31. The fraction of sp³-hybridized carbons (Fsp3) is 0.0800. The van der Waals surface area contributed by atoms with Gasteiger partial charge in [-0.1, -0.05) is 30.3 Å². The van der Waals surface area contributed by atoms with Gasteiger partial charge >= 0.3 is 5.97 Å². The highest BCUT2D eigenvalue weighted by Gasteiger charge is 2.19. The van der Waals surface area contributed by atoms with Crippen molar-refractivity contribution in [3.8, 4) is 16.9 Å². The number of fused-ring (bicyclic) bond motifs is 3. The van der Waals surface area contributed by atoms with Crippen LogP contribution in [0.15, 0.2) is 72.8 Å². The molecule has 0 spiro atoms. The number of carboxylic acid groups (broad SMARTS) is 1. The zero-order valence-electron chi connectivity index (χ0n) is 18.9. The number of pyridine rings is 1. The van der Waals surface area contributed by atoms with Crippen LogP contribution in [0.4, 0.5) is 0 Å². The summed E-state index contributed by atoms with van der Waals surface area (Å²) in [6, 6.07) is 20.5. The molecule has 0 saturated carbocycles. The maximum Gasteiger partial charge on any atom is 0.336 e. The third-order valence-electron chi connectivity index (χ3n) is 5.46. The van der Waals surface area contributed by atoms with Crippen molar-refractivity contribution in [2.45, 2.75) is 0 Å². The summed E-state index contributed by atoms with van der Waals surface area (Å²) in [5.41, 5.74) is 3.11. The predicted molar refractivity (Wildman–Crippen MR) is 134 cm³/mol. The van der Waals surface area contributed by atoms with Gasteiger partial charge in [0.05, 0.1) is 22.5 Å². The quantitative estimate of drug-likeness (QED) is 0.361. The van der Waals surface area contributed by atoms with Crippen LogP contribution < -0.4 is 5.32 Å². The molecule has 5 aromatic rings. The number of rotatable bonds is 6. The van der Waals surface area contributed by atoms with Crippen LogP contribution in [0, 0.1) is 0 Å². The van der Waals surface area contributed by atoms with E-state index in [1.807, 2.05) is 30.3 Å². The van der Waals surface area contributed by atoms with E-state index in [1.165, 1.54) is 23.0 Å². The Bertz CT molecular complexity index is 1760. The van der Waals surface area contributed by atoms with Crippen molar-refractivity contribution >= 4 is 43.7 Å². The molecule has 0 aliphatic rings. The molecule has 0 aliphatic carbocycles. The number of hydrogen-bond donors (Lipinski definition) is 2. The molecule has 10 nitrogen and oxygen atoms in total. The molecule has 0 fully saturated rings. The van der Waals surface area contributed by atoms with Crippen molar-refractivity contribution in [2.24, 2.45) is 0 Å². The smallest absolute Gasteiger partial charge is 0.336 e. The molecule has 0 atom stereocenters. The summed E-state index contributed by atoms with van der Waals surface area (Å²) in [5.74, 6) is -2.22. The van der Waals surface area contributed by atoms with Gasteiger partial charge in [-0.15, -0.1) is 10.2 Å². The molecule has 2 aromatic heterocycles. The third-order valence-corrected chi connectivity index (χ3v) is 6.12. The van der Waals surface area contributed by atoms with Gasteiger partial charge in [0, 0.05) is 22.8 Å². The first-order valence-electron chi connectivity index (χ1n) is 10.8. The minimum Gasteiger partial charge on any atom is -0.478 e. The SMILES string of the molecule is CS(=O)(=O)CNC(=O)c1cccc(-c2cc(C(=O)O)c3c(ccc4nn(-c5ccccc5)nc43)n2)c1. The van der Waals surface area contributed by atoms with E-state index >= 15 is 0 Å². The Labute approximate surface area is 205 Å². The second-order valence-electron chi connectivity index (χ2n) is 8.17. The molecule has 5 rings (SSSR count). The van der Waals surface area contributed by atoms with Crippen LogP contribution in [0.3, 0.4) is 0 Å². The van der Waals surface area contributed by atoms with Gasteiger partial charge in [0.1, 0.15) is 16.9 Å². The zero-order chi connectivity index (χ0) is 25.4. The average molecular weight is 502 g/mol. The predicted octanol–water partition coefficient (Wildman–Crippen LogP) is 3.07. The van der Waals surface area contributed by atoms with Crippen LogP contribution in [-0.4, -0.2) is 57.5 Å². The van der Waals surface area contributed by atoms with Gasteiger partial charge in [-0.05, 0) is 42.5 Å². The lowest BCUT2D eigenvalue weighted by atomic mass is 10.0. The van der Waals surface area contributed by atoms with E-state index in [-0.39, 0.29) is 11.1 Å². The highest BCUT2D eigenvalue weighted by Crippen LogP contribution is 2.30. The minimum atomic E-state index is -3.39. The van der Waals surface area contributed by atoms with E-state index in [4.69, 9.17) is 0 Å². The molecule has 11 heteroatoms. The molecule has 0 bridgehead atoms. The van der Waals surface area contributed by atoms with Crippen molar-refractivity contribution in [3.05, 3.63) is 83.9 Å². The molecule has 1 amide bonds. The standard InChI is InChI=1S/C25H19N5O5S/c1-36(34,35)14-26-24(31)16-7-5-6-15(12-16)21-13-18(25(32)33)22-19(27-21)10-11-20-23(22)29-30(28-20)17-8-3-2-4-9-17/h2-13H,14H2,1H3,(H,26,31)(H,32,33). The van der Waals surface area contributed by atoms with Crippen molar-refractivity contribution in [3.63, 3.8) is 0 Å². The number of aromatic carboxylic acids is 1. The zero-order valence-corrected chi connectivity index (χ0v) is 19.7. The number of carbonyl (C=O) groups excluding carboxylic acids is 1. The number of sulfone groups is 1. The number of hydrogen-bond acceptors (Lipinski definition) is 7. The van der Waals surface area contributed by atoms with Crippen LogP contribution >= 0.6 is 0 Å². The van der Waals surface area contributed by atoms with E-state index < -0.39 is 27.6 Å². The summed E-state index contributed by atoms with van der Waals surface area (Å²) >= 11 is 0. The second kappa shape index (κ2) is 8.86. The molecule has 180 valence electrons. The summed E-state index contributed by atoms with van der Waals surface area (Å²) < 4.78 is 22.7. The molecule has 3 aromatic carbocycles. The Hall–Kier alpha value is -4.64. The Balaban J connectivity index is 1.61. The normalized spacial score (nSPS) is 11.6. The summed E-state index contributed by atoms with van der Waals surface area (Å²) in [6.45, 7) is 0. The van der Waals surface area contributed by atoms with E-state index in [9.17, 15) is 23.1 Å². The molecule has 36 heavy (non-hydrogen) atoms. The van der Waals surface area contributed by atoms with Crippen LogP contribution in [0.1, 0.15) is 20.7 Å². The first kappa shape index (κ1) is 23.1. The molecular weight excluding hydrogens is 482 g/mol. The van der Waals surface area contributed by atoms with Gasteiger partial charge in [-0.2, -0.15) is 4.80 Å². The van der Waals surface area contributed by atoms with Crippen LogP contribution in [0.2, 0.25) is 0 Å². The van der Waals surface area contributed by atoms with Crippen LogP contribution in [0.25, 0.3) is 38.9 Å². The first-order chi connectivity index (χ1) is 17.2. The number of nitrogens with zero attached hydrogens (tertiary/aromatic N) is 4. The lowest BCUT2D eigenvalue weighted by molar-refractivity contribution is 0.0698. The molecule has 0 radical (unpaired) electrons. The van der Waals surface area contributed by atoms with E-state index in [1.54, 1.807) is 24.3 Å². The number of benzene rings is 3. The second-order valence-corrected chi connectivity index (χ2v) is 10.3. The summed E-state index contributed by atoms with van der Waals surface area (Å²) in [5, 5.41) is 21.7. The van der Waals surface area contributed by atoms with Crippen LogP contribution in [-0.2, 0) is 9.84 Å². The highest BCUT2D eigenvalue weighted by atomic mass is 32.2. The Kier molecular flexibility index (Phi) is 5.69. The highest BCUT2D eigenvalue weighted by molar-refractivity contribution is 7.90. The van der Waals surface area contributed by atoms with Gasteiger partial charge in [-0.25, -0.2) is 18.2 Å². The maximum atomic E-state index is 12.4. The van der Waals surface area contributed by atoms with E-state index in [2.05, 4.69) is 20.5 Å². The van der Waals surface area contributed by atoms with Gasteiger partial charge in [-0.3, -0.25) is 4.79 Å². The number of nitrogens with one attached hydrogen (secondary N) is 1. The van der Waals surface area contributed by atoms with Crippen LogP contribution in [0.5, 0.6) is 0 Å². The number of aromatic nitrogens is 4. The number of carbonyl (C=O) groups is 2. The van der Waals surface area contributed by atoms with Crippen molar-refractivity contribution < 1.29 is 23.1 Å². The van der Waals surface area contributed by atoms with E-state index in [0.29, 0.717) is 33.2 Å². The third kappa shape index (κ3) is 4.51. The Morgan fingerprint density at radius 1 is 0.944 bits per heavy atom. The summed E-state index contributed by atoms with van der Waals surface area (Å²) in [6.07, 6.45) is 1.02. The minimum absolute atomic E-state index is 0.00681.